The molecule has 0 fully saturated rings. The Bertz CT molecular complexity index is 502. The number of fused-ring (bicyclic) bond motifs is 1. The van der Waals surface area contributed by atoms with E-state index in [2.05, 4.69) is 17.4 Å². The minimum Gasteiger partial charge on any atom is -0.508 e. The standard InChI is InChI=1S/C13H11NOS/c15-11-7-3-1-5-9(11)13-14-10-6-2-4-8-12(10)16-13/h1-8,13-15H. The smallest absolute Gasteiger partial charge is 0.121 e. The van der Waals surface area contributed by atoms with E-state index in [9.17, 15) is 5.11 Å². The van der Waals surface area contributed by atoms with Crippen molar-refractivity contribution in [2.45, 2.75) is 10.3 Å². The highest BCUT2D eigenvalue weighted by atomic mass is 32.2. The summed E-state index contributed by atoms with van der Waals surface area (Å²) in [6.45, 7) is 0. The van der Waals surface area contributed by atoms with Crippen LogP contribution >= 0.6 is 11.8 Å². The molecule has 0 saturated heterocycles. The molecule has 1 unspecified atom stereocenters. The Morgan fingerprint density at radius 1 is 1.00 bits per heavy atom. The van der Waals surface area contributed by atoms with Crippen molar-refractivity contribution in [2.75, 3.05) is 5.32 Å². The predicted molar refractivity (Wildman–Crippen MR) is 66.8 cm³/mol. The van der Waals surface area contributed by atoms with E-state index in [1.807, 2.05) is 30.3 Å². The van der Waals surface area contributed by atoms with Crippen LogP contribution in [0, 0.1) is 0 Å². The van der Waals surface area contributed by atoms with E-state index in [0.29, 0.717) is 5.75 Å². The minimum atomic E-state index is 0.110. The molecule has 16 heavy (non-hydrogen) atoms. The SMILES string of the molecule is Oc1ccccc1C1Nc2ccccc2S1. The van der Waals surface area contributed by atoms with E-state index in [4.69, 9.17) is 0 Å². The van der Waals surface area contributed by atoms with E-state index in [-0.39, 0.29) is 5.37 Å². The molecule has 3 heteroatoms. The molecule has 2 N–H and O–H groups in total. The molecule has 0 amide bonds. The van der Waals surface area contributed by atoms with Gasteiger partial charge in [0.1, 0.15) is 11.1 Å². The van der Waals surface area contributed by atoms with Crippen molar-refractivity contribution in [2.24, 2.45) is 0 Å². The number of phenols is 1. The molecule has 0 radical (unpaired) electrons. The van der Waals surface area contributed by atoms with Gasteiger partial charge in [0, 0.05) is 16.1 Å². The van der Waals surface area contributed by atoms with Gasteiger partial charge >= 0.3 is 0 Å². The van der Waals surface area contributed by atoms with Crippen molar-refractivity contribution >= 4 is 17.4 Å². The fourth-order valence-corrected chi connectivity index (χ4v) is 3.01. The minimum absolute atomic E-state index is 0.110. The van der Waals surface area contributed by atoms with Gasteiger partial charge < -0.3 is 10.4 Å². The highest BCUT2D eigenvalue weighted by Crippen LogP contribution is 2.47. The van der Waals surface area contributed by atoms with E-state index < -0.39 is 0 Å². The Balaban J connectivity index is 1.95. The van der Waals surface area contributed by atoms with Crippen LogP contribution in [0.3, 0.4) is 0 Å². The van der Waals surface area contributed by atoms with Crippen LogP contribution in [0.2, 0.25) is 0 Å². The first-order valence-electron chi connectivity index (χ1n) is 5.15. The van der Waals surface area contributed by atoms with E-state index in [1.54, 1.807) is 17.8 Å². The monoisotopic (exact) mass is 229 g/mol. The number of thioether (sulfide) groups is 1. The van der Waals surface area contributed by atoms with Gasteiger partial charge in [-0.25, -0.2) is 0 Å². The molecule has 2 nitrogen and oxygen atoms in total. The maximum atomic E-state index is 9.80. The number of aromatic hydroxyl groups is 1. The predicted octanol–water partition coefficient (Wildman–Crippen LogP) is 3.61. The lowest BCUT2D eigenvalue weighted by Gasteiger charge is -2.11. The Hall–Kier alpha value is -1.61. The largest absolute Gasteiger partial charge is 0.508 e. The van der Waals surface area contributed by atoms with Gasteiger partial charge in [-0.15, -0.1) is 0 Å². The van der Waals surface area contributed by atoms with Crippen molar-refractivity contribution in [3.8, 4) is 5.75 Å². The van der Waals surface area contributed by atoms with Gasteiger partial charge in [0.15, 0.2) is 0 Å². The summed E-state index contributed by atoms with van der Waals surface area (Å²) in [5.74, 6) is 0.348. The maximum Gasteiger partial charge on any atom is 0.121 e. The third-order valence-corrected chi connectivity index (χ3v) is 3.86. The van der Waals surface area contributed by atoms with Crippen LogP contribution in [-0.4, -0.2) is 5.11 Å². The number of hydrogen-bond acceptors (Lipinski definition) is 3. The number of rotatable bonds is 1. The second-order valence-corrected chi connectivity index (χ2v) is 4.84. The summed E-state index contributed by atoms with van der Waals surface area (Å²) < 4.78 is 0. The molecule has 80 valence electrons. The molecule has 0 aliphatic carbocycles. The molecule has 1 heterocycles. The van der Waals surface area contributed by atoms with E-state index >= 15 is 0 Å². The Morgan fingerprint density at radius 3 is 2.56 bits per heavy atom. The lowest BCUT2D eigenvalue weighted by Crippen LogP contribution is -2.00. The molecule has 1 aliphatic heterocycles. The quantitative estimate of drug-likeness (QED) is 0.783. The lowest BCUT2D eigenvalue weighted by atomic mass is 10.2. The highest BCUT2D eigenvalue weighted by molar-refractivity contribution is 8.00. The van der Waals surface area contributed by atoms with Crippen molar-refractivity contribution in [3.63, 3.8) is 0 Å². The summed E-state index contributed by atoms with van der Waals surface area (Å²) in [6, 6.07) is 15.6. The van der Waals surface area contributed by atoms with Crippen LogP contribution in [0.25, 0.3) is 0 Å². The van der Waals surface area contributed by atoms with Crippen LogP contribution < -0.4 is 5.32 Å². The zero-order valence-electron chi connectivity index (χ0n) is 8.55. The highest BCUT2D eigenvalue weighted by Gasteiger charge is 2.23. The molecule has 0 aromatic heterocycles. The number of nitrogens with one attached hydrogen (secondary N) is 1. The van der Waals surface area contributed by atoms with Crippen LogP contribution in [0.1, 0.15) is 10.9 Å². The average molecular weight is 229 g/mol. The molecule has 1 aliphatic rings. The summed E-state index contributed by atoms with van der Waals surface area (Å²) in [5, 5.41) is 13.3. The van der Waals surface area contributed by atoms with Gasteiger partial charge in [0.2, 0.25) is 0 Å². The second kappa shape index (κ2) is 3.76. The number of phenolic OH excluding ortho intramolecular Hbond substituents is 1. The third kappa shape index (κ3) is 1.53. The average Bonchev–Trinajstić information content (AvgIpc) is 2.73. The molecule has 0 spiro atoms. The van der Waals surface area contributed by atoms with E-state index in [1.165, 1.54) is 4.90 Å². The Labute approximate surface area is 98.3 Å². The van der Waals surface area contributed by atoms with Crippen LogP contribution in [0.15, 0.2) is 53.4 Å². The summed E-state index contributed by atoms with van der Waals surface area (Å²) in [5.41, 5.74) is 2.07. The van der Waals surface area contributed by atoms with Gasteiger partial charge in [-0.3, -0.25) is 0 Å². The normalized spacial score (nSPS) is 17.9. The number of benzene rings is 2. The van der Waals surface area contributed by atoms with Crippen LogP contribution in [-0.2, 0) is 0 Å². The number of hydrogen-bond donors (Lipinski definition) is 2. The first-order chi connectivity index (χ1) is 7.84. The molecule has 0 bridgehead atoms. The van der Waals surface area contributed by atoms with Crippen molar-refractivity contribution in [1.82, 2.24) is 0 Å². The van der Waals surface area contributed by atoms with Crippen molar-refractivity contribution in [1.29, 1.82) is 0 Å². The van der Waals surface area contributed by atoms with Gasteiger partial charge in [-0.2, -0.15) is 0 Å². The number of para-hydroxylation sites is 2. The molecule has 2 aromatic carbocycles. The van der Waals surface area contributed by atoms with Gasteiger partial charge in [-0.1, -0.05) is 42.1 Å². The fraction of sp³-hybridized carbons (Fsp3) is 0.0769. The molecular weight excluding hydrogens is 218 g/mol. The first kappa shape index (κ1) is 9.60. The summed E-state index contributed by atoms with van der Waals surface area (Å²) in [6.07, 6.45) is 0. The number of anilines is 1. The van der Waals surface area contributed by atoms with Crippen molar-refractivity contribution in [3.05, 3.63) is 54.1 Å². The fourth-order valence-electron chi connectivity index (χ4n) is 1.84. The Morgan fingerprint density at radius 2 is 1.75 bits per heavy atom. The summed E-state index contributed by atoms with van der Waals surface area (Å²) >= 11 is 1.73. The Kier molecular flexibility index (Phi) is 2.26. The first-order valence-corrected chi connectivity index (χ1v) is 6.03. The van der Waals surface area contributed by atoms with Gasteiger partial charge in [0.25, 0.3) is 0 Å². The van der Waals surface area contributed by atoms with Crippen LogP contribution in [0.4, 0.5) is 5.69 Å². The molecule has 2 aromatic rings. The summed E-state index contributed by atoms with van der Waals surface area (Å²) in [4.78, 5) is 1.23. The molecule has 1 atom stereocenters. The van der Waals surface area contributed by atoms with Gasteiger partial charge in [0.05, 0.1) is 0 Å². The zero-order valence-corrected chi connectivity index (χ0v) is 9.37. The van der Waals surface area contributed by atoms with Crippen molar-refractivity contribution < 1.29 is 5.11 Å². The molecule has 3 rings (SSSR count). The maximum absolute atomic E-state index is 9.80. The van der Waals surface area contributed by atoms with E-state index in [0.717, 1.165) is 11.3 Å². The summed E-state index contributed by atoms with van der Waals surface area (Å²) in [7, 11) is 0. The van der Waals surface area contributed by atoms with Crippen LogP contribution in [0.5, 0.6) is 5.75 Å². The molecular formula is C13H11NOS. The topological polar surface area (TPSA) is 32.3 Å². The third-order valence-electron chi connectivity index (χ3n) is 2.64. The lowest BCUT2D eigenvalue weighted by molar-refractivity contribution is 0.469. The zero-order chi connectivity index (χ0) is 11.0. The van der Waals surface area contributed by atoms with Gasteiger partial charge in [-0.05, 0) is 18.2 Å². The molecule has 0 saturated carbocycles. The second-order valence-electron chi connectivity index (χ2n) is 3.70.